The summed E-state index contributed by atoms with van der Waals surface area (Å²) in [5.74, 6) is 2.17. The molecule has 8 rings (SSSR count). The number of hydrogen-bond donors (Lipinski definition) is 7. The Morgan fingerprint density at radius 1 is 0.312 bits per heavy atom. The van der Waals surface area contributed by atoms with Crippen molar-refractivity contribution in [2.45, 2.75) is 234 Å². The average Bonchev–Trinajstić information content (AvgIpc) is 0.757. The minimum absolute atomic E-state index is 0.0906. The summed E-state index contributed by atoms with van der Waals surface area (Å²) >= 11 is 13.8. The Labute approximate surface area is 778 Å². The fourth-order valence-corrected chi connectivity index (χ4v) is 20.0. The lowest BCUT2D eigenvalue weighted by Crippen LogP contribution is -2.69. The first-order valence-electron chi connectivity index (χ1n) is 42.9. The summed E-state index contributed by atoms with van der Waals surface area (Å²) < 4.78 is 218. The largest absolute Gasteiger partial charge is 0.396 e. The van der Waals surface area contributed by atoms with Crippen LogP contribution in [0.5, 0.6) is 0 Å². The predicted octanol–water partition coefficient (Wildman–Crippen LogP) is 0.934. The van der Waals surface area contributed by atoms with Crippen molar-refractivity contribution in [3.8, 4) is 0 Å². The summed E-state index contributed by atoms with van der Waals surface area (Å²) in [5.41, 5.74) is 1.80. The van der Waals surface area contributed by atoms with Crippen molar-refractivity contribution in [1.82, 2.24) is 10.6 Å². The van der Waals surface area contributed by atoms with Crippen LogP contribution in [0, 0.1) is 11.8 Å². The minimum Gasteiger partial charge on any atom is -0.396 e. The van der Waals surface area contributed by atoms with Crippen molar-refractivity contribution in [2.24, 2.45) is 11.8 Å². The van der Waals surface area contributed by atoms with Gasteiger partial charge in [-0.3, -0.25) is 5.32 Å². The highest BCUT2D eigenvalue weighted by Gasteiger charge is 2.60. The fourth-order valence-electron chi connectivity index (χ4n) is 18.4. The average molecular weight is 1930 g/mol. The van der Waals surface area contributed by atoms with Crippen molar-refractivity contribution in [1.29, 1.82) is 0 Å². The molecule has 16 unspecified atom stereocenters. The van der Waals surface area contributed by atoms with Gasteiger partial charge in [-0.2, -0.15) is 37.9 Å². The Balaban J connectivity index is 0.000000369. The highest BCUT2D eigenvalue weighted by molar-refractivity contribution is 8.03. The molecule has 44 heteroatoms. The smallest absolute Gasteiger partial charge is 0.187 e. The summed E-state index contributed by atoms with van der Waals surface area (Å²) in [7, 11) is 37.9. The molecule has 6 saturated heterocycles. The fraction of sp³-hybridized carbons (Fsp3) is 0.952. The van der Waals surface area contributed by atoms with E-state index in [1.54, 1.807) is 161 Å². The quantitative estimate of drug-likeness (QED) is 0.0253. The summed E-state index contributed by atoms with van der Waals surface area (Å²) in [6.45, 7) is 7.22. The molecule has 0 radical (unpaired) electrons. The number of nitrogens with one attached hydrogen (secondary N) is 2. The van der Waals surface area contributed by atoms with Gasteiger partial charge in [-0.15, -0.1) is 11.8 Å². The second-order valence-electron chi connectivity index (χ2n) is 31.2. The maximum Gasteiger partial charge on any atom is 0.187 e. The highest BCUT2D eigenvalue weighted by atomic mass is 32.2. The minimum atomic E-state index is -1.02. The van der Waals surface area contributed by atoms with Crippen LogP contribution in [0.2, 0.25) is 0 Å². The van der Waals surface area contributed by atoms with E-state index in [0.29, 0.717) is 31.3 Å². The highest BCUT2D eigenvalue weighted by Crippen LogP contribution is 2.44. The molecule has 0 saturated carbocycles. The number of hydrogen-bond acceptors (Lipinski definition) is 44. The van der Waals surface area contributed by atoms with E-state index in [1.165, 1.54) is 21.3 Å². The number of aliphatic hydroxyl groups excluding tert-OH is 2. The Hall–Kier alpha value is -0.720. The third kappa shape index (κ3) is 29.5. The number of aliphatic hydroxyl groups is 2. The molecule has 8 aliphatic rings. The Morgan fingerprint density at radius 2 is 0.617 bits per heavy atom. The molecular formula is C84H156N2O38S4. The lowest BCUT2D eigenvalue weighted by Gasteiger charge is -2.52. The number of rotatable bonds is 54. The second-order valence-corrected chi connectivity index (χ2v) is 33.7. The zero-order valence-corrected chi connectivity index (χ0v) is 83.2. The van der Waals surface area contributed by atoms with E-state index in [0.717, 1.165) is 40.8 Å². The van der Waals surface area contributed by atoms with Crippen molar-refractivity contribution < 1.29 is 181 Å². The van der Waals surface area contributed by atoms with Crippen LogP contribution >= 0.6 is 49.6 Å². The van der Waals surface area contributed by atoms with Gasteiger partial charge in [0.25, 0.3) is 0 Å². The third-order valence-electron chi connectivity index (χ3n) is 24.3. The van der Waals surface area contributed by atoms with E-state index in [-0.39, 0.29) is 64.1 Å². The van der Waals surface area contributed by atoms with Crippen LogP contribution in [0.3, 0.4) is 0 Å². The molecule has 0 aromatic carbocycles. The van der Waals surface area contributed by atoms with Gasteiger partial charge < -0.3 is 186 Å². The summed E-state index contributed by atoms with van der Waals surface area (Å²) in [6.07, 6.45) is -20.6. The predicted molar refractivity (Wildman–Crippen MR) is 474 cm³/mol. The number of methoxy groups -OCH3 is 24. The maximum absolute atomic E-state index is 10.7. The molecule has 128 heavy (non-hydrogen) atoms. The lowest BCUT2D eigenvalue weighted by molar-refractivity contribution is -0.381. The molecule has 0 aromatic rings. The first-order chi connectivity index (χ1) is 62.1. The van der Waals surface area contributed by atoms with E-state index < -0.39 is 215 Å². The molecular weight excluding hydrogens is 1770 g/mol. The standard InChI is InChI=1S/C42H77NO19S2.C38H69NO18.C4H10OS2/c1-22-27(43-28-33(50-7)29(48-5)23(18-44)24(19-45-2)39(28)64-17-15-57-14-16-63)32(49-6)36(53-10)41(58-22)61-31-26(21-47-4)60-42(38(55-12)35(31)52-9)62-30-25(20-46-3)59-40(56-13)37(54-11)34(30)51-8;1-19-25(39-22-14-20(16-41-2)21(15-40)26(44-5)27(22)45-6)30(46-7)33(49-10)37(53-19)56-29-24(18-43-4)55-38(35(51-12)32(29)48-9)57-28-23(17-42-3)54-36(52-13)34(50-11)31(28)47-8;6-3-1-5-2-4-7/h22-23,25-38,40-44,63H,14-21H2,1-13H3;14,19,21-40H,15-18H2,1-13H3;6-7H,1-4H2/t22?,23-,25?,26?,27-,28-,29+,30-,31-,32+,33?,34+,35+,36?,37?,38?,40?,41-,42-;19?,21-,22+,23?,24?,25-,26+,27?,28-,29-,30+,31+,32+,33?,34?,35?,36?,37-,38-;/m00./s1. The molecule has 0 bridgehead atoms. The van der Waals surface area contributed by atoms with Crippen LogP contribution in [-0.4, -0.2) is 504 Å². The van der Waals surface area contributed by atoms with Gasteiger partial charge in [0, 0.05) is 210 Å². The zero-order chi connectivity index (χ0) is 94.3. The normalized spacial score (nSPS) is 39.5. The maximum atomic E-state index is 10.7. The van der Waals surface area contributed by atoms with E-state index >= 15 is 0 Å². The molecule has 2 aliphatic carbocycles. The van der Waals surface area contributed by atoms with Crippen LogP contribution in [0.1, 0.15) is 13.8 Å². The number of ether oxygens (including phenoxy) is 36. The van der Waals surface area contributed by atoms with Crippen molar-refractivity contribution >= 4 is 49.6 Å². The van der Waals surface area contributed by atoms with E-state index in [9.17, 15) is 10.2 Å². The second kappa shape index (κ2) is 62.4. The number of thioether (sulfide) groups is 1. The van der Waals surface area contributed by atoms with Crippen LogP contribution in [-0.2, 0) is 171 Å². The molecule has 40 nitrogen and oxygen atoms in total. The first kappa shape index (κ1) is 116. The van der Waals surface area contributed by atoms with Crippen LogP contribution in [0.4, 0.5) is 0 Å². The Morgan fingerprint density at radius 3 is 0.930 bits per heavy atom. The van der Waals surface area contributed by atoms with Gasteiger partial charge in [0.1, 0.15) is 134 Å². The van der Waals surface area contributed by atoms with Crippen molar-refractivity contribution in [3.05, 3.63) is 22.1 Å². The zero-order valence-electron chi connectivity index (χ0n) is 79.7. The SMILES string of the molecule is COCC1=C(SCCOCCS)[C@@H](N[C@H]2C(C)O[C@@H](O[C@H]3C(COC)O[C@@H](O[C@H]4C(COC)OC(OC)C(OC)[C@@H]4OC)C(OC)[C@@H]3OC)C(OC)[C@@H]2OC)C(OC)[C@H](OC)[C@H]1CO.COCC1=C[C@@H](N[C@H]2C(C)O[C@@H](O[C@H]3C(COC)O[C@@H](O[C@H]4C(COC)OC(OC)C(OC)[C@@H]4OC)C(OC)[C@@H]3OC)C(OC)[C@@H]2OC)C(OC)[C@H](OC)[C@H]1CO.SCCOCCS. The molecule has 6 fully saturated rings. The molecule has 38 atom stereocenters. The monoisotopic (exact) mass is 1930 g/mol. The first-order valence-corrected chi connectivity index (χ1v) is 45.8. The third-order valence-corrected chi connectivity index (χ3v) is 26.0. The van der Waals surface area contributed by atoms with Gasteiger partial charge in [-0.25, -0.2) is 0 Å². The molecule has 754 valence electrons. The molecule has 0 aromatic heterocycles. The van der Waals surface area contributed by atoms with Gasteiger partial charge in [-0.05, 0) is 25.0 Å². The van der Waals surface area contributed by atoms with Crippen molar-refractivity contribution in [3.63, 3.8) is 0 Å². The molecule has 6 heterocycles. The lowest BCUT2D eigenvalue weighted by atomic mass is 9.80. The van der Waals surface area contributed by atoms with Crippen LogP contribution in [0.15, 0.2) is 22.1 Å². The van der Waals surface area contributed by atoms with E-state index in [4.69, 9.17) is 171 Å². The van der Waals surface area contributed by atoms with Gasteiger partial charge in [0.15, 0.2) is 37.7 Å². The van der Waals surface area contributed by atoms with Crippen LogP contribution in [0.25, 0.3) is 0 Å². The van der Waals surface area contributed by atoms with Crippen molar-refractivity contribution in [2.75, 3.05) is 273 Å². The van der Waals surface area contributed by atoms with Crippen LogP contribution < -0.4 is 10.6 Å². The Bertz CT molecular complexity index is 2970. The molecule has 0 spiro atoms. The molecule has 0 amide bonds. The number of thiol groups is 3. The summed E-state index contributed by atoms with van der Waals surface area (Å²) in [5, 5.41) is 28.5. The Kier molecular flexibility index (Phi) is 56.5. The summed E-state index contributed by atoms with van der Waals surface area (Å²) in [4.78, 5) is 0.957. The van der Waals surface area contributed by atoms with Gasteiger partial charge >= 0.3 is 0 Å². The van der Waals surface area contributed by atoms with E-state index in [2.05, 4.69) is 48.5 Å². The van der Waals surface area contributed by atoms with E-state index in [1.807, 2.05) is 19.9 Å². The molecule has 6 aliphatic heterocycles. The van der Waals surface area contributed by atoms with Gasteiger partial charge in [0.05, 0.1) is 128 Å². The topological polar surface area (TPSA) is 397 Å². The summed E-state index contributed by atoms with van der Waals surface area (Å²) in [6, 6.07) is -1.68. The molecule has 4 N–H and O–H groups in total. The van der Waals surface area contributed by atoms with Gasteiger partial charge in [-0.1, -0.05) is 6.08 Å². The van der Waals surface area contributed by atoms with Gasteiger partial charge in [0.2, 0.25) is 0 Å².